The third kappa shape index (κ3) is 3.51. The molecule has 1 aliphatic carbocycles. The number of aromatic hydroxyl groups is 1. The first-order chi connectivity index (χ1) is 14.1. The molecule has 0 atom stereocenters. The molecule has 0 spiro atoms. The summed E-state index contributed by atoms with van der Waals surface area (Å²) in [5.74, 6) is 0.679. The van der Waals surface area contributed by atoms with Crippen LogP contribution in [0.15, 0.2) is 22.1 Å². The summed E-state index contributed by atoms with van der Waals surface area (Å²) in [5, 5.41) is 15.1. The van der Waals surface area contributed by atoms with Crippen LogP contribution in [0.25, 0.3) is 11.7 Å². The molecule has 4 heterocycles. The molecule has 152 valence electrons. The summed E-state index contributed by atoms with van der Waals surface area (Å²) < 4.78 is 1.73. The predicted molar refractivity (Wildman–Crippen MR) is 108 cm³/mol. The molecule has 3 N–H and O–H groups in total. The van der Waals surface area contributed by atoms with Crippen LogP contribution in [0, 0.1) is 0 Å². The fourth-order valence-electron chi connectivity index (χ4n) is 3.64. The van der Waals surface area contributed by atoms with E-state index in [1.807, 2.05) is 6.07 Å². The van der Waals surface area contributed by atoms with Crippen molar-refractivity contribution in [2.75, 3.05) is 37.6 Å². The van der Waals surface area contributed by atoms with Crippen LogP contribution in [0.1, 0.15) is 25.5 Å². The molecule has 1 aliphatic heterocycles. The number of H-pyrrole nitrogens is 2. The van der Waals surface area contributed by atoms with Crippen molar-refractivity contribution in [3.63, 3.8) is 0 Å². The Balaban J connectivity index is 1.63. The zero-order valence-corrected chi connectivity index (χ0v) is 16.3. The Bertz CT molecular complexity index is 1210. The van der Waals surface area contributed by atoms with Crippen molar-refractivity contribution in [2.45, 2.75) is 25.8 Å². The van der Waals surface area contributed by atoms with Crippen molar-refractivity contribution >= 4 is 17.5 Å². The summed E-state index contributed by atoms with van der Waals surface area (Å²) in [6.45, 7) is 7.09. The lowest BCUT2D eigenvalue weighted by atomic mass is 10.3. The maximum atomic E-state index is 11.4. The van der Waals surface area contributed by atoms with E-state index < -0.39 is 5.69 Å². The monoisotopic (exact) mass is 396 g/mol. The highest BCUT2D eigenvalue weighted by Gasteiger charge is 2.22. The lowest BCUT2D eigenvalue weighted by Crippen LogP contribution is -2.46. The molecule has 1 saturated heterocycles. The van der Waals surface area contributed by atoms with Gasteiger partial charge >= 0.3 is 5.69 Å². The Morgan fingerprint density at radius 2 is 2.07 bits per heavy atom. The molecule has 0 bridgehead atoms. The van der Waals surface area contributed by atoms with Crippen LogP contribution < -0.4 is 21.3 Å². The molecule has 3 aromatic heterocycles. The molecule has 29 heavy (non-hydrogen) atoms. The molecule has 2 fully saturated rings. The quantitative estimate of drug-likeness (QED) is 0.532. The number of imidazole rings is 1. The second-order valence-electron chi connectivity index (χ2n) is 7.58. The van der Waals surface area contributed by atoms with Gasteiger partial charge < -0.3 is 19.9 Å². The Labute approximate surface area is 166 Å². The maximum absolute atomic E-state index is 11.4. The number of fused-ring (bicyclic) bond motifs is 1. The minimum Gasteiger partial charge on any atom is -0.493 e. The first kappa shape index (κ1) is 17.9. The molecule has 0 amide bonds. The molecular weight excluding hydrogens is 372 g/mol. The molecule has 10 heteroatoms. The lowest BCUT2D eigenvalue weighted by molar-refractivity contribution is 0.270. The van der Waals surface area contributed by atoms with Crippen LogP contribution in [0.3, 0.4) is 0 Å². The maximum Gasteiger partial charge on any atom is 0.326 e. The molecule has 2 aliphatic rings. The summed E-state index contributed by atoms with van der Waals surface area (Å²) in [6, 6.07) is 2.37. The number of rotatable bonds is 4. The Kier molecular flexibility index (Phi) is 4.35. The molecule has 0 radical (unpaired) electrons. The number of aromatic nitrogens is 5. The highest BCUT2D eigenvalue weighted by Crippen LogP contribution is 2.22. The summed E-state index contributed by atoms with van der Waals surface area (Å²) in [6.07, 6.45) is 5.56. The highest BCUT2D eigenvalue weighted by molar-refractivity contribution is 5.58. The number of anilines is 1. The second kappa shape index (κ2) is 7.03. The van der Waals surface area contributed by atoms with Crippen molar-refractivity contribution in [3.05, 3.63) is 39.1 Å². The fourth-order valence-corrected chi connectivity index (χ4v) is 3.64. The number of hydrogen-bond donors (Lipinski definition) is 3. The second-order valence-corrected chi connectivity index (χ2v) is 7.58. The third-order valence-electron chi connectivity index (χ3n) is 5.51. The van der Waals surface area contributed by atoms with E-state index >= 15 is 0 Å². The van der Waals surface area contributed by atoms with Crippen molar-refractivity contribution < 1.29 is 5.11 Å². The molecule has 3 aromatic rings. The summed E-state index contributed by atoms with van der Waals surface area (Å²) in [7, 11) is 0. The van der Waals surface area contributed by atoms with Gasteiger partial charge in [0.15, 0.2) is 11.1 Å². The van der Waals surface area contributed by atoms with E-state index in [0.29, 0.717) is 22.6 Å². The minimum atomic E-state index is -0.461. The standard InChI is InChI=1S/C19H24N8O2/c1-2-25-5-7-26(8-6-25)15-10-16(21-13-3-4-13)27-17(23-15)12(11-20-27)9-14-18(28)24-19(29)22-14/h9-11,13,28H,2-8H2,1H3,(H2,22,24,29). The van der Waals surface area contributed by atoms with Crippen molar-refractivity contribution in [3.8, 4) is 5.88 Å². The first-order valence-electron chi connectivity index (χ1n) is 10.0. The largest absolute Gasteiger partial charge is 0.493 e. The lowest BCUT2D eigenvalue weighted by Gasteiger charge is -2.34. The Morgan fingerprint density at radius 1 is 1.28 bits per heavy atom. The van der Waals surface area contributed by atoms with Gasteiger partial charge in [-0.05, 0) is 25.5 Å². The topological polar surface area (TPSA) is 118 Å². The van der Waals surface area contributed by atoms with Crippen LogP contribution in [0.2, 0.25) is 0 Å². The normalized spacial score (nSPS) is 19.6. The van der Waals surface area contributed by atoms with E-state index in [4.69, 9.17) is 9.98 Å². The van der Waals surface area contributed by atoms with E-state index in [2.05, 4.69) is 31.8 Å². The summed E-state index contributed by atoms with van der Waals surface area (Å²) in [5.41, 5.74) is 1.28. The van der Waals surface area contributed by atoms with Crippen LogP contribution in [0.5, 0.6) is 5.88 Å². The Morgan fingerprint density at radius 3 is 2.72 bits per heavy atom. The number of nitrogens with one attached hydrogen (secondary N) is 2. The molecule has 10 nitrogen and oxygen atoms in total. The average Bonchev–Trinajstić information content (AvgIpc) is 3.36. The van der Waals surface area contributed by atoms with Gasteiger partial charge in [-0.15, -0.1) is 0 Å². The molecule has 1 saturated carbocycles. The zero-order valence-electron chi connectivity index (χ0n) is 16.3. The van der Waals surface area contributed by atoms with Gasteiger partial charge in [0.2, 0.25) is 5.88 Å². The van der Waals surface area contributed by atoms with Gasteiger partial charge in [-0.25, -0.2) is 9.78 Å². The van der Waals surface area contributed by atoms with Gasteiger partial charge in [0, 0.05) is 37.5 Å². The zero-order chi connectivity index (χ0) is 20.0. The first-order valence-corrected chi connectivity index (χ1v) is 10.0. The van der Waals surface area contributed by atoms with E-state index in [0.717, 1.165) is 56.9 Å². The fraction of sp³-hybridized carbons (Fsp3) is 0.474. The van der Waals surface area contributed by atoms with E-state index in [1.54, 1.807) is 16.8 Å². The van der Waals surface area contributed by atoms with Crippen molar-refractivity contribution in [1.29, 1.82) is 0 Å². The number of hydrogen-bond acceptors (Lipinski definition) is 7. The summed E-state index contributed by atoms with van der Waals surface area (Å²) in [4.78, 5) is 30.7. The summed E-state index contributed by atoms with van der Waals surface area (Å²) >= 11 is 0. The van der Waals surface area contributed by atoms with Crippen molar-refractivity contribution in [1.82, 2.24) is 29.5 Å². The molecule has 0 unspecified atom stereocenters. The van der Waals surface area contributed by atoms with E-state index in [-0.39, 0.29) is 5.88 Å². The number of piperazine rings is 1. The molecular formula is C19H24N8O2. The smallest absolute Gasteiger partial charge is 0.326 e. The van der Waals surface area contributed by atoms with Crippen LogP contribution in [-0.2, 0) is 0 Å². The number of aromatic amines is 2. The van der Waals surface area contributed by atoms with E-state index in [9.17, 15) is 9.90 Å². The van der Waals surface area contributed by atoms with Crippen LogP contribution in [0.4, 0.5) is 5.82 Å². The number of likely N-dealkylation sites (N-methyl/N-ethyl adjacent to an activating group) is 1. The number of nitrogens with zero attached hydrogens (tertiary/aromatic N) is 6. The molecule has 5 rings (SSSR count). The van der Waals surface area contributed by atoms with Gasteiger partial charge in [-0.2, -0.15) is 9.61 Å². The predicted octanol–water partition coefficient (Wildman–Crippen LogP) is -0.796. The molecule has 0 aromatic carbocycles. The van der Waals surface area contributed by atoms with E-state index in [1.165, 1.54) is 0 Å². The SMILES string of the molecule is CCN1CCN(c2cc(=NC3CC3)n3ncc(=Cc4[nH]c(=O)[nH]c4O)c3n2)CC1. The van der Waals surface area contributed by atoms with Gasteiger partial charge in [0.25, 0.3) is 0 Å². The highest BCUT2D eigenvalue weighted by atomic mass is 16.3. The minimum absolute atomic E-state index is 0.205. The third-order valence-corrected chi connectivity index (χ3v) is 5.51. The average molecular weight is 396 g/mol. The van der Waals surface area contributed by atoms with Crippen LogP contribution >= 0.6 is 0 Å². The van der Waals surface area contributed by atoms with Crippen LogP contribution in [-0.4, -0.2) is 73.3 Å². The van der Waals surface area contributed by atoms with Gasteiger partial charge in [0.1, 0.15) is 11.5 Å². The van der Waals surface area contributed by atoms with Gasteiger partial charge in [-0.3, -0.25) is 9.98 Å². The van der Waals surface area contributed by atoms with Gasteiger partial charge in [-0.1, -0.05) is 6.92 Å². The van der Waals surface area contributed by atoms with Crippen molar-refractivity contribution in [2.24, 2.45) is 4.99 Å². The Hall–Kier alpha value is -3.14. The van der Waals surface area contributed by atoms with Gasteiger partial charge in [0.05, 0.1) is 12.2 Å².